The number of carbonyl (C=O) groups excluding carboxylic acids is 16. The zero-order valence-corrected chi connectivity index (χ0v) is 70.4. The molecule has 3 aliphatic rings. The summed E-state index contributed by atoms with van der Waals surface area (Å²) in [4.78, 5) is 261. The number of amides is 16. The van der Waals surface area contributed by atoms with Gasteiger partial charge in [-0.2, -0.15) is 0 Å². The van der Waals surface area contributed by atoms with Crippen molar-refractivity contribution >= 4 is 118 Å². The van der Waals surface area contributed by atoms with Gasteiger partial charge in [0.2, 0.25) is 94.5 Å². The Bertz CT molecular complexity index is 4100. The van der Waals surface area contributed by atoms with Crippen LogP contribution in [-0.4, -0.2) is 284 Å². The first-order valence-corrected chi connectivity index (χ1v) is 41.4. The molecule has 0 aliphatic carbocycles. The first-order chi connectivity index (χ1) is 58.7. The Morgan fingerprint density at radius 2 is 0.879 bits per heavy atom. The highest BCUT2D eigenvalue weighted by atomic mass is 16.4. The number of hydrogen-bond donors (Lipinski definition) is 22. The molecule has 124 heavy (non-hydrogen) atoms. The number of nitrogens with zero attached hydrogens (tertiary/aromatic N) is 3. The van der Waals surface area contributed by atoms with E-state index < -0.39 is 249 Å². The molecule has 0 radical (unpaired) electrons. The summed E-state index contributed by atoms with van der Waals surface area (Å²) >= 11 is 0. The second-order valence-electron chi connectivity index (χ2n) is 31.7. The number of rotatable bonds is 52. The van der Waals surface area contributed by atoms with Crippen LogP contribution in [-0.2, 0) is 104 Å². The smallest absolute Gasteiger partial charge is 0.326 e. The van der Waals surface area contributed by atoms with E-state index in [0.717, 1.165) is 15.4 Å². The number of guanidine groups is 1. The third kappa shape index (κ3) is 34.7. The Kier molecular flexibility index (Phi) is 42.2. The molecule has 16 amide bonds. The highest BCUT2D eigenvalue weighted by Crippen LogP contribution is 2.24. The predicted molar refractivity (Wildman–Crippen MR) is 442 cm³/mol. The fourth-order valence-corrected chi connectivity index (χ4v) is 14.3. The van der Waals surface area contributed by atoms with Crippen LogP contribution in [0.4, 0.5) is 0 Å². The largest absolute Gasteiger partial charge is 0.508 e. The van der Waals surface area contributed by atoms with Crippen molar-refractivity contribution in [2.45, 2.75) is 242 Å². The highest BCUT2D eigenvalue weighted by Gasteiger charge is 2.44. The van der Waals surface area contributed by atoms with E-state index in [0.29, 0.717) is 12.0 Å². The minimum Gasteiger partial charge on any atom is -0.508 e. The minimum absolute atomic E-state index is 0.00546. The lowest BCUT2D eigenvalue weighted by molar-refractivity contribution is -0.147. The molecule has 5 rings (SSSR count). The summed E-state index contributed by atoms with van der Waals surface area (Å²) in [6.07, 6.45) is -2.25. The van der Waals surface area contributed by atoms with Crippen molar-refractivity contribution in [1.29, 1.82) is 5.41 Å². The Labute approximate surface area is 716 Å². The van der Waals surface area contributed by atoms with Gasteiger partial charge in [0.25, 0.3) is 0 Å². The molecule has 26 N–H and O–H groups in total. The van der Waals surface area contributed by atoms with Crippen molar-refractivity contribution in [2.24, 2.45) is 34.8 Å². The third-order valence-corrected chi connectivity index (χ3v) is 20.7. The van der Waals surface area contributed by atoms with Gasteiger partial charge in [0.15, 0.2) is 5.96 Å². The molecule has 0 spiro atoms. The predicted octanol–water partition coefficient (Wildman–Crippen LogP) is -5.62. The summed E-state index contributed by atoms with van der Waals surface area (Å²) in [6.45, 7) is 6.23. The summed E-state index contributed by atoms with van der Waals surface area (Å²) in [5, 5.41) is 79.7. The second-order valence-corrected chi connectivity index (χ2v) is 31.7. The van der Waals surface area contributed by atoms with Gasteiger partial charge in [-0.25, -0.2) is 4.79 Å². The van der Waals surface area contributed by atoms with Gasteiger partial charge in [0.05, 0.1) is 32.1 Å². The number of aromatic hydroxyl groups is 1. The van der Waals surface area contributed by atoms with Crippen molar-refractivity contribution < 1.29 is 112 Å². The van der Waals surface area contributed by atoms with Crippen LogP contribution in [0.25, 0.3) is 0 Å². The topological polar surface area (TPSA) is 699 Å². The van der Waals surface area contributed by atoms with Crippen LogP contribution in [0.5, 0.6) is 5.75 Å². The molecule has 2 aromatic rings. The van der Waals surface area contributed by atoms with Crippen LogP contribution >= 0.6 is 0 Å². The Balaban J connectivity index is 1.22. The molecule has 0 unspecified atom stereocenters. The van der Waals surface area contributed by atoms with E-state index in [2.05, 4.69) is 69.1 Å². The molecular formula is C80H121N21O23. The number of unbranched alkanes of at least 4 members (excludes halogenated alkanes) is 1. The van der Waals surface area contributed by atoms with Crippen molar-refractivity contribution in [3.8, 4) is 5.75 Å². The van der Waals surface area contributed by atoms with Gasteiger partial charge in [-0.1, -0.05) is 70.2 Å². The molecule has 44 heteroatoms. The average molecular weight is 1740 g/mol. The average Bonchev–Trinajstić information content (AvgIpc) is 1.64. The van der Waals surface area contributed by atoms with Crippen LogP contribution in [0, 0.1) is 17.2 Å². The number of carboxylic acid groups (broad SMARTS) is 3. The number of phenols is 1. The number of primary amides is 1. The van der Waals surface area contributed by atoms with Crippen molar-refractivity contribution in [2.75, 3.05) is 52.4 Å². The highest BCUT2D eigenvalue weighted by molar-refractivity contribution is 6.01. The van der Waals surface area contributed by atoms with Crippen molar-refractivity contribution in [3.63, 3.8) is 0 Å². The third-order valence-electron chi connectivity index (χ3n) is 20.7. The Morgan fingerprint density at radius 1 is 0.444 bits per heavy atom. The summed E-state index contributed by atoms with van der Waals surface area (Å²) in [5.41, 5.74) is 23.9. The molecule has 0 saturated carbocycles. The molecular weight excluding hydrogens is 1620 g/mol. The van der Waals surface area contributed by atoms with E-state index in [1.807, 2.05) is 6.07 Å². The number of nitrogens with two attached hydrogens (primary N) is 4. The number of aliphatic carboxylic acids is 3. The fraction of sp³-hybridized carbons (Fsp3) is 0.600. The van der Waals surface area contributed by atoms with Crippen LogP contribution in [0.15, 0.2) is 54.6 Å². The normalized spacial score (nSPS) is 17.2. The maximum absolute atomic E-state index is 14.5. The lowest BCUT2D eigenvalue weighted by Crippen LogP contribution is -2.59. The lowest BCUT2D eigenvalue weighted by Gasteiger charge is -2.31. The lowest BCUT2D eigenvalue weighted by atomic mass is 10.0. The maximum atomic E-state index is 14.5. The monoisotopic (exact) mass is 1740 g/mol. The molecule has 13 atom stereocenters. The SMILES string of the molecule is CC(C)C[C@H](NC(=O)CNC(=O)[C@H](C)NC(=O)[C@@H](N)Cc1ccccc1)C(=O)NCC(=O)N1CCC[C@H]1C(=O)N[C@@H](CCCNC(=N)N)C(=O)N[C@@H](CCC(=O)O)C(=O)N[C@@H](CCCCN)C(=O)NCC(=O)N1CCC[C@H]1C(=O)N[C@@H](CC(=O)O)C(=O)N1CCC[C@H]1C(=O)N[C@@H](CC(C)C)C(=O)N[C@@H](CCC(N)=O)C(=O)N[C@@H](Cc1ccc(O)cc1)C(=O)O. The van der Waals surface area contributed by atoms with E-state index in [-0.39, 0.29) is 140 Å². The van der Waals surface area contributed by atoms with Gasteiger partial charge in [-0.3, -0.25) is 91.7 Å². The van der Waals surface area contributed by atoms with Gasteiger partial charge >= 0.3 is 17.9 Å². The number of carbonyl (C=O) groups is 19. The number of nitrogens with one attached hydrogen (secondary N) is 14. The van der Waals surface area contributed by atoms with Crippen LogP contribution in [0.2, 0.25) is 0 Å². The zero-order chi connectivity index (χ0) is 92.0. The minimum atomic E-state index is -1.84. The van der Waals surface area contributed by atoms with Gasteiger partial charge in [0, 0.05) is 45.4 Å². The van der Waals surface area contributed by atoms with Crippen molar-refractivity contribution in [3.05, 3.63) is 65.7 Å². The molecule has 44 nitrogen and oxygen atoms in total. The number of hydrogen-bond acceptors (Lipinski definition) is 23. The molecule has 0 bridgehead atoms. The van der Waals surface area contributed by atoms with E-state index in [9.17, 15) is 112 Å². The van der Waals surface area contributed by atoms with E-state index >= 15 is 0 Å². The number of carboxylic acids is 3. The standard InChI is InChI=1S/C80H121N21O23/c1-43(2)35-54(91-62(104)40-87-67(111)45(5)90-68(112)49(82)37-46-15-7-6-8-16-46)70(114)89-42-64(106)99-32-12-19-58(99)75(119)95-51(18-11-31-86-80(84)85)71(115)93-53(27-29-65(107)108)72(116)92-50(17-9-10-30-81)69(113)88-41-63(105)100-33-13-20-59(100)76(120)97-56(39-66(109)110)78(122)101-34-14-21-60(101)77(121)96-55(36-44(3)4)74(118)94-52(26-28-61(83)103)73(117)98-57(79(123)124)38-47-22-24-48(102)25-23-47/h6-8,15-16,22-25,43-45,49-60,102H,9-14,17-21,26-42,81-82H2,1-5H3,(H2,83,103)(H,87,111)(H,88,113)(H,89,114)(H,90,112)(H,91,104)(H,92,116)(H,93,115)(H,94,118)(H,95,119)(H,96,121)(H,97,120)(H,98,117)(H,107,108)(H,109,110)(H,123,124)(H4,84,85,86)/t45-,49-,50-,51-,52-,53-,54-,55-,56-,57-,58-,59-,60-/m0/s1. The maximum Gasteiger partial charge on any atom is 0.326 e. The fourth-order valence-electron chi connectivity index (χ4n) is 14.3. The molecule has 3 aliphatic heterocycles. The van der Waals surface area contributed by atoms with Crippen LogP contribution in [0.3, 0.4) is 0 Å². The van der Waals surface area contributed by atoms with E-state index in [4.69, 9.17) is 28.3 Å². The molecule has 3 fully saturated rings. The summed E-state index contributed by atoms with van der Waals surface area (Å²) in [7, 11) is 0. The summed E-state index contributed by atoms with van der Waals surface area (Å²) in [5.74, 6) is -19.6. The van der Waals surface area contributed by atoms with Gasteiger partial charge in [-0.05, 0) is 151 Å². The Hall–Kier alpha value is -12.6. The quantitative estimate of drug-likeness (QED) is 0.0167. The molecule has 2 aromatic carbocycles. The summed E-state index contributed by atoms with van der Waals surface area (Å²) < 4.78 is 0. The zero-order valence-electron chi connectivity index (χ0n) is 70.4. The van der Waals surface area contributed by atoms with E-state index in [1.54, 1.807) is 52.0 Å². The van der Waals surface area contributed by atoms with Gasteiger partial charge in [0.1, 0.15) is 78.3 Å². The molecule has 684 valence electrons. The van der Waals surface area contributed by atoms with Crippen LogP contribution in [0.1, 0.15) is 161 Å². The number of likely N-dealkylation sites (tertiary alicyclic amines) is 3. The van der Waals surface area contributed by atoms with Crippen LogP contribution < -0.4 is 92.1 Å². The number of benzene rings is 2. The first-order valence-electron chi connectivity index (χ1n) is 41.4. The first kappa shape index (κ1) is 102. The summed E-state index contributed by atoms with van der Waals surface area (Å²) in [6, 6.07) is -3.88. The van der Waals surface area contributed by atoms with Crippen molar-refractivity contribution in [1.82, 2.24) is 83.8 Å². The molecule has 3 heterocycles. The van der Waals surface area contributed by atoms with Gasteiger partial charge in [-0.15, -0.1) is 0 Å². The molecule has 0 aromatic heterocycles. The Morgan fingerprint density at radius 3 is 1.37 bits per heavy atom. The second kappa shape index (κ2) is 51.3. The van der Waals surface area contributed by atoms with Gasteiger partial charge < -0.3 is 127 Å². The van der Waals surface area contributed by atoms with E-state index in [1.165, 1.54) is 36.1 Å². The number of phenolic OH excluding ortho intramolecular Hbond substituents is 1. The molecule has 3 saturated heterocycles.